The highest BCUT2D eigenvalue weighted by Crippen LogP contribution is 2.24. The number of anilines is 1. The number of sulfonamides is 1. The second-order valence-electron chi connectivity index (χ2n) is 8.02. The highest BCUT2D eigenvalue weighted by molar-refractivity contribution is 7.92. The fourth-order valence-corrected chi connectivity index (χ4v) is 4.59. The number of aromatic nitrogens is 3. The van der Waals surface area contributed by atoms with Crippen molar-refractivity contribution in [1.29, 1.82) is 0 Å². The van der Waals surface area contributed by atoms with E-state index in [1.807, 2.05) is 50.2 Å². The van der Waals surface area contributed by atoms with Crippen molar-refractivity contribution in [3.63, 3.8) is 0 Å². The summed E-state index contributed by atoms with van der Waals surface area (Å²) >= 11 is 0. The van der Waals surface area contributed by atoms with Crippen molar-refractivity contribution in [3.8, 4) is 5.69 Å². The monoisotopic (exact) mass is 475 g/mol. The average Bonchev–Trinajstić information content (AvgIpc) is 3.39. The Morgan fingerprint density at radius 1 is 1.03 bits per heavy atom. The molecule has 1 unspecified atom stereocenters. The summed E-state index contributed by atoms with van der Waals surface area (Å²) in [5.74, 6) is -0.278. The molecule has 4 rings (SSSR count). The molecule has 0 aliphatic carbocycles. The molecule has 3 aromatic carbocycles. The van der Waals surface area contributed by atoms with Gasteiger partial charge in [-0.05, 0) is 61.9 Å². The molecule has 0 saturated heterocycles. The number of carbonyl (C=O) groups is 1. The summed E-state index contributed by atoms with van der Waals surface area (Å²) in [4.78, 5) is 18.7. The molecule has 1 aromatic heterocycles. The number of hydrogen-bond acceptors (Lipinski definition) is 5. The summed E-state index contributed by atoms with van der Waals surface area (Å²) in [5.41, 5.74) is 3.58. The fraction of sp³-hybridized carbons (Fsp3) is 0.160. The first-order valence-electron chi connectivity index (χ1n) is 10.7. The van der Waals surface area contributed by atoms with Gasteiger partial charge < -0.3 is 4.90 Å². The molecular formula is C25H25N5O3S. The molecule has 0 aliphatic rings. The number of amides is 1. The van der Waals surface area contributed by atoms with Crippen molar-refractivity contribution in [2.75, 3.05) is 11.8 Å². The average molecular weight is 476 g/mol. The van der Waals surface area contributed by atoms with Crippen LogP contribution in [-0.4, -0.2) is 41.0 Å². The number of rotatable bonds is 7. The molecule has 1 N–H and O–H groups in total. The van der Waals surface area contributed by atoms with Crippen molar-refractivity contribution in [1.82, 2.24) is 19.7 Å². The molecule has 1 heterocycles. The minimum atomic E-state index is -3.84. The number of nitrogens with one attached hydrogen (secondary N) is 1. The summed E-state index contributed by atoms with van der Waals surface area (Å²) in [7, 11) is -2.14. The molecule has 8 nitrogen and oxygen atoms in total. The van der Waals surface area contributed by atoms with E-state index in [0.29, 0.717) is 11.3 Å². The molecular weight excluding hydrogens is 450 g/mol. The summed E-state index contributed by atoms with van der Waals surface area (Å²) in [6, 6.07) is 20.5. The lowest BCUT2D eigenvalue weighted by atomic mass is 10.1. The number of carbonyl (C=O) groups excluding carboxylic acids is 1. The van der Waals surface area contributed by atoms with Gasteiger partial charge in [0.15, 0.2) is 0 Å². The van der Waals surface area contributed by atoms with E-state index >= 15 is 0 Å². The van der Waals surface area contributed by atoms with Gasteiger partial charge in [0, 0.05) is 18.3 Å². The van der Waals surface area contributed by atoms with Gasteiger partial charge in [-0.25, -0.2) is 18.1 Å². The largest absolute Gasteiger partial charge is 0.335 e. The Kier molecular flexibility index (Phi) is 6.47. The zero-order chi connectivity index (χ0) is 24.3. The van der Waals surface area contributed by atoms with Crippen molar-refractivity contribution < 1.29 is 13.2 Å². The van der Waals surface area contributed by atoms with Gasteiger partial charge in [-0.2, -0.15) is 5.10 Å². The summed E-state index contributed by atoms with van der Waals surface area (Å²) in [6.45, 7) is 3.85. The molecule has 0 spiro atoms. The van der Waals surface area contributed by atoms with Gasteiger partial charge in [-0.1, -0.05) is 35.9 Å². The van der Waals surface area contributed by atoms with E-state index in [1.165, 1.54) is 18.5 Å². The van der Waals surface area contributed by atoms with Gasteiger partial charge in [-0.15, -0.1) is 0 Å². The second kappa shape index (κ2) is 9.48. The normalized spacial score (nSPS) is 12.2. The Bertz CT molecular complexity index is 1380. The molecule has 1 amide bonds. The molecule has 9 heteroatoms. The first kappa shape index (κ1) is 23.2. The molecule has 0 bridgehead atoms. The molecule has 174 valence electrons. The van der Waals surface area contributed by atoms with Gasteiger partial charge in [0.25, 0.3) is 15.9 Å². The highest BCUT2D eigenvalue weighted by Gasteiger charge is 2.22. The zero-order valence-electron chi connectivity index (χ0n) is 19.1. The van der Waals surface area contributed by atoms with Gasteiger partial charge >= 0.3 is 0 Å². The maximum absolute atomic E-state index is 13.2. The molecule has 1 atom stereocenters. The molecule has 0 radical (unpaired) electrons. The van der Waals surface area contributed by atoms with Crippen LogP contribution in [0.15, 0.2) is 90.3 Å². The Hall–Kier alpha value is -3.98. The maximum atomic E-state index is 13.2. The number of aryl methyl sites for hydroxylation is 1. The number of nitrogens with zero attached hydrogens (tertiary/aromatic N) is 4. The van der Waals surface area contributed by atoms with E-state index < -0.39 is 10.0 Å². The fourth-order valence-electron chi connectivity index (χ4n) is 3.48. The minimum absolute atomic E-state index is 0.0252. The van der Waals surface area contributed by atoms with Crippen LogP contribution < -0.4 is 4.72 Å². The Labute approximate surface area is 198 Å². The number of hydrogen-bond donors (Lipinski definition) is 1. The lowest BCUT2D eigenvalue weighted by Gasteiger charge is -2.26. The lowest BCUT2D eigenvalue weighted by Crippen LogP contribution is -2.29. The van der Waals surface area contributed by atoms with E-state index in [1.54, 1.807) is 47.2 Å². The van der Waals surface area contributed by atoms with Crippen LogP contribution in [0.3, 0.4) is 0 Å². The van der Waals surface area contributed by atoms with Crippen molar-refractivity contribution >= 4 is 21.6 Å². The Balaban J connectivity index is 1.51. The SMILES string of the molecule is Cc1ccc(NS(=O)(=O)c2cccc(C(=O)N(C)C(C)c3ccc(-n4cncn4)cc3)c2)cc1. The predicted octanol–water partition coefficient (Wildman–Crippen LogP) is 4.21. The molecule has 0 aliphatic heterocycles. The van der Waals surface area contributed by atoms with Gasteiger partial charge in [-0.3, -0.25) is 9.52 Å². The van der Waals surface area contributed by atoms with Crippen LogP contribution in [0.2, 0.25) is 0 Å². The van der Waals surface area contributed by atoms with E-state index in [-0.39, 0.29) is 16.8 Å². The first-order valence-corrected chi connectivity index (χ1v) is 12.1. The van der Waals surface area contributed by atoms with Crippen LogP contribution in [-0.2, 0) is 10.0 Å². The van der Waals surface area contributed by atoms with Gasteiger partial charge in [0.2, 0.25) is 0 Å². The van der Waals surface area contributed by atoms with Crippen molar-refractivity contribution in [2.45, 2.75) is 24.8 Å². The molecule has 0 fully saturated rings. The Morgan fingerprint density at radius 2 is 1.74 bits per heavy atom. The lowest BCUT2D eigenvalue weighted by molar-refractivity contribution is 0.0742. The third-order valence-corrected chi connectivity index (χ3v) is 7.03. The van der Waals surface area contributed by atoms with E-state index in [2.05, 4.69) is 14.8 Å². The summed E-state index contributed by atoms with van der Waals surface area (Å²) in [6.07, 6.45) is 3.08. The van der Waals surface area contributed by atoms with Crippen molar-refractivity contribution in [3.05, 3.63) is 102 Å². The van der Waals surface area contributed by atoms with E-state index in [0.717, 1.165) is 16.8 Å². The third kappa shape index (κ3) is 4.99. The van der Waals surface area contributed by atoms with E-state index in [4.69, 9.17) is 0 Å². The minimum Gasteiger partial charge on any atom is -0.335 e. The van der Waals surface area contributed by atoms with Crippen LogP contribution in [0.1, 0.15) is 34.5 Å². The summed E-state index contributed by atoms with van der Waals surface area (Å²) in [5, 5.41) is 4.11. The van der Waals surface area contributed by atoms with Crippen LogP contribution >= 0.6 is 0 Å². The summed E-state index contributed by atoms with van der Waals surface area (Å²) < 4.78 is 29.9. The van der Waals surface area contributed by atoms with Gasteiger partial charge in [0.1, 0.15) is 12.7 Å². The standard InChI is InChI=1S/C25H25N5O3S/c1-18-7-11-22(12-8-18)28-34(32,33)24-6-4-5-21(15-24)25(31)29(3)19(2)20-9-13-23(14-10-20)30-17-26-16-27-30/h4-17,19,28H,1-3H3. The molecule has 4 aromatic rings. The van der Waals surface area contributed by atoms with Crippen LogP contribution in [0, 0.1) is 6.92 Å². The predicted molar refractivity (Wildman–Crippen MR) is 130 cm³/mol. The van der Waals surface area contributed by atoms with Crippen LogP contribution in [0.5, 0.6) is 0 Å². The quantitative estimate of drug-likeness (QED) is 0.432. The second-order valence-corrected chi connectivity index (χ2v) is 9.71. The van der Waals surface area contributed by atoms with Crippen LogP contribution in [0.25, 0.3) is 5.69 Å². The highest BCUT2D eigenvalue weighted by atomic mass is 32.2. The first-order chi connectivity index (χ1) is 16.2. The topological polar surface area (TPSA) is 97.2 Å². The smallest absolute Gasteiger partial charge is 0.261 e. The molecule has 34 heavy (non-hydrogen) atoms. The third-order valence-electron chi connectivity index (χ3n) is 5.66. The zero-order valence-corrected chi connectivity index (χ0v) is 19.9. The number of benzene rings is 3. The maximum Gasteiger partial charge on any atom is 0.261 e. The van der Waals surface area contributed by atoms with E-state index in [9.17, 15) is 13.2 Å². The Morgan fingerprint density at radius 3 is 2.38 bits per heavy atom. The van der Waals surface area contributed by atoms with Crippen molar-refractivity contribution in [2.24, 2.45) is 0 Å². The van der Waals surface area contributed by atoms with Gasteiger partial charge in [0.05, 0.1) is 16.6 Å². The molecule has 0 saturated carbocycles. The van der Waals surface area contributed by atoms with Crippen LogP contribution in [0.4, 0.5) is 5.69 Å².